The molecule has 3 atom stereocenters. The number of nitrogens with one attached hydrogen (secondary N) is 1. The summed E-state index contributed by atoms with van der Waals surface area (Å²) < 4.78 is 6.69. The first-order valence-electron chi connectivity index (χ1n) is 12.5. The predicted molar refractivity (Wildman–Crippen MR) is 161 cm³/mol. The maximum Gasteiger partial charge on any atom is 0.308 e. The molecule has 0 radical (unpaired) electrons. The number of amides is 3. The normalized spacial score (nSPS) is 19.6. The molecule has 1 aromatic heterocycles. The molecule has 0 aliphatic carbocycles. The lowest BCUT2D eigenvalue weighted by Gasteiger charge is -2.30. The molecule has 0 spiro atoms. The molecule has 12 heteroatoms. The molecule has 0 saturated carbocycles. The lowest BCUT2D eigenvalue weighted by atomic mass is 9.83. The van der Waals surface area contributed by atoms with Crippen LogP contribution in [0.5, 0.6) is 5.75 Å². The molecule has 8 nitrogen and oxygen atoms in total. The van der Waals surface area contributed by atoms with E-state index in [9.17, 15) is 19.2 Å². The Hall–Kier alpha value is -3.57. The van der Waals surface area contributed by atoms with Gasteiger partial charge in [-0.2, -0.15) is 0 Å². The summed E-state index contributed by atoms with van der Waals surface area (Å²) in [6.45, 7) is -0.254. The zero-order valence-electron chi connectivity index (χ0n) is 21.4. The molecular weight excluding hydrogens is 605 g/mol. The van der Waals surface area contributed by atoms with Crippen LogP contribution in [-0.4, -0.2) is 34.6 Å². The number of hydrogen-bond donors (Lipinski definition) is 1. The summed E-state index contributed by atoms with van der Waals surface area (Å²) >= 11 is 14.1. The van der Waals surface area contributed by atoms with Gasteiger partial charge in [0.15, 0.2) is 0 Å². The van der Waals surface area contributed by atoms with Gasteiger partial charge in [0.1, 0.15) is 17.5 Å². The Morgan fingerprint density at radius 1 is 0.902 bits per heavy atom. The summed E-state index contributed by atoms with van der Waals surface area (Å²) in [5, 5.41) is 3.51. The molecule has 0 bridgehead atoms. The van der Waals surface area contributed by atoms with E-state index in [0.717, 1.165) is 28.7 Å². The van der Waals surface area contributed by atoms with Crippen LogP contribution >= 0.6 is 46.3 Å². The second-order valence-electron chi connectivity index (χ2n) is 9.48. The Labute approximate surface area is 252 Å². The second kappa shape index (κ2) is 11.0. The number of methoxy groups -OCH3 is 1. The van der Waals surface area contributed by atoms with E-state index in [-0.39, 0.29) is 23.2 Å². The fraction of sp³-hybridized carbons (Fsp3) is 0.172. The van der Waals surface area contributed by atoms with Gasteiger partial charge in [-0.15, -0.1) is 0 Å². The Morgan fingerprint density at radius 2 is 1.54 bits per heavy atom. The summed E-state index contributed by atoms with van der Waals surface area (Å²) in [6.07, 6.45) is 0. The van der Waals surface area contributed by atoms with Gasteiger partial charge in [0.2, 0.25) is 17.7 Å². The molecule has 1 saturated heterocycles. The smallest absolute Gasteiger partial charge is 0.308 e. The molecule has 4 aromatic rings. The van der Waals surface area contributed by atoms with Crippen LogP contribution in [0.2, 0.25) is 10.0 Å². The number of rotatable bonds is 6. The van der Waals surface area contributed by atoms with Crippen molar-refractivity contribution >= 4 is 75.4 Å². The van der Waals surface area contributed by atoms with E-state index in [1.807, 2.05) is 12.1 Å². The molecule has 1 fully saturated rings. The summed E-state index contributed by atoms with van der Waals surface area (Å²) in [5.41, 5.74) is 1.73. The number of thioether (sulfide) groups is 1. The third-order valence-corrected chi connectivity index (χ3v) is 10.1. The molecule has 3 heterocycles. The first-order valence-corrected chi connectivity index (χ1v) is 14.9. The highest BCUT2D eigenvalue weighted by Crippen LogP contribution is 2.54. The van der Waals surface area contributed by atoms with Crippen LogP contribution in [-0.2, 0) is 20.9 Å². The lowest BCUT2D eigenvalue weighted by molar-refractivity contribution is -0.122. The van der Waals surface area contributed by atoms with E-state index in [2.05, 4.69) is 5.32 Å². The number of nitrogens with zero attached hydrogens (tertiary/aromatic N) is 2. The average Bonchev–Trinajstić information content (AvgIpc) is 3.41. The third kappa shape index (κ3) is 5.05. The van der Waals surface area contributed by atoms with E-state index < -0.39 is 23.0 Å². The maximum absolute atomic E-state index is 13.9. The Kier molecular flexibility index (Phi) is 7.41. The number of benzene rings is 3. The molecular formula is C29H21Cl2N3O5S2. The van der Waals surface area contributed by atoms with Gasteiger partial charge in [0.05, 0.1) is 23.7 Å². The highest BCUT2D eigenvalue weighted by Gasteiger charge is 2.56. The van der Waals surface area contributed by atoms with Gasteiger partial charge in [-0.05, 0) is 66.2 Å². The topological polar surface area (TPSA) is 97.7 Å². The van der Waals surface area contributed by atoms with Gasteiger partial charge in [-0.1, -0.05) is 58.4 Å². The highest BCUT2D eigenvalue weighted by molar-refractivity contribution is 8.00. The standard InChI is InChI=1S/C29H21Cl2N3O5S2/c1-39-20-12-2-15(3-13-20)22-23-24(27(37)34(26(23)36)19-10-6-17(31)7-11-19)40-28-25(22)41-29(38)33(28)14-21(35)32-18-8-4-16(30)5-9-18/h2-13,22-24H,14H2,1H3,(H,32,35)/t22-,23?,24?/m1/s1. The average molecular weight is 627 g/mol. The first kappa shape index (κ1) is 27.6. The van der Waals surface area contributed by atoms with E-state index in [0.29, 0.717) is 37.1 Å². The Morgan fingerprint density at radius 3 is 2.17 bits per heavy atom. The minimum absolute atomic E-state index is 0.254. The fourth-order valence-corrected chi connectivity index (χ4v) is 8.17. The minimum Gasteiger partial charge on any atom is -0.497 e. The second-order valence-corrected chi connectivity index (χ2v) is 12.5. The lowest BCUT2D eigenvalue weighted by Crippen LogP contribution is -2.33. The SMILES string of the molecule is COc1ccc([C@H]2c3sc(=O)n(CC(=O)Nc4ccc(Cl)cc4)c3SC3C(=O)N(c4ccc(Cl)cc4)C(=O)C32)cc1. The summed E-state index contributed by atoms with van der Waals surface area (Å²) in [7, 11) is 1.56. The van der Waals surface area contributed by atoms with Crippen LogP contribution in [0.25, 0.3) is 0 Å². The van der Waals surface area contributed by atoms with Gasteiger partial charge in [0, 0.05) is 26.5 Å². The van der Waals surface area contributed by atoms with Crippen molar-refractivity contribution in [3.05, 3.63) is 103 Å². The number of halogens is 2. The van der Waals surface area contributed by atoms with Gasteiger partial charge >= 0.3 is 4.87 Å². The predicted octanol–water partition coefficient (Wildman–Crippen LogP) is 5.66. The van der Waals surface area contributed by atoms with Gasteiger partial charge in [-0.3, -0.25) is 23.7 Å². The van der Waals surface area contributed by atoms with Crippen molar-refractivity contribution in [1.29, 1.82) is 0 Å². The number of carbonyl (C=O) groups is 3. The number of thiazole rings is 1. The fourth-order valence-electron chi connectivity index (χ4n) is 5.15. The van der Waals surface area contributed by atoms with Crippen LogP contribution in [0.15, 0.2) is 82.6 Å². The van der Waals surface area contributed by atoms with Crippen LogP contribution < -0.4 is 19.8 Å². The highest BCUT2D eigenvalue weighted by atomic mass is 35.5. The molecule has 3 amide bonds. The van der Waals surface area contributed by atoms with E-state index in [4.69, 9.17) is 27.9 Å². The van der Waals surface area contributed by atoms with Crippen molar-refractivity contribution in [1.82, 2.24) is 4.57 Å². The Balaban J connectivity index is 1.40. The van der Waals surface area contributed by atoms with Crippen LogP contribution in [0.1, 0.15) is 16.4 Å². The maximum atomic E-state index is 13.9. The van der Waals surface area contributed by atoms with Crippen molar-refractivity contribution in [2.24, 2.45) is 5.92 Å². The molecule has 6 rings (SSSR count). The quantitative estimate of drug-likeness (QED) is 0.278. The number of hydrogen-bond acceptors (Lipinski definition) is 7. The van der Waals surface area contributed by atoms with Crippen molar-refractivity contribution in [3.63, 3.8) is 0 Å². The van der Waals surface area contributed by atoms with Crippen molar-refractivity contribution in [2.75, 3.05) is 17.3 Å². The first-order chi connectivity index (χ1) is 19.7. The van der Waals surface area contributed by atoms with E-state index in [1.165, 1.54) is 9.47 Å². The third-order valence-electron chi connectivity index (χ3n) is 7.04. The molecule has 208 valence electrons. The van der Waals surface area contributed by atoms with Gasteiger partial charge in [0.25, 0.3) is 0 Å². The van der Waals surface area contributed by atoms with Crippen molar-refractivity contribution in [3.8, 4) is 5.75 Å². The van der Waals surface area contributed by atoms with Crippen LogP contribution in [0.4, 0.5) is 11.4 Å². The number of aromatic nitrogens is 1. The monoisotopic (exact) mass is 625 g/mol. The summed E-state index contributed by atoms with van der Waals surface area (Å²) in [6, 6.07) is 20.4. The zero-order valence-corrected chi connectivity index (χ0v) is 24.5. The molecule has 1 N–H and O–H groups in total. The van der Waals surface area contributed by atoms with Crippen LogP contribution in [0.3, 0.4) is 0 Å². The molecule has 3 aromatic carbocycles. The summed E-state index contributed by atoms with van der Waals surface area (Å²) in [4.78, 5) is 55.5. The molecule has 2 aliphatic heterocycles. The van der Waals surface area contributed by atoms with Gasteiger partial charge in [-0.25, -0.2) is 4.90 Å². The molecule has 2 unspecified atom stereocenters. The van der Waals surface area contributed by atoms with E-state index in [1.54, 1.807) is 67.8 Å². The molecule has 41 heavy (non-hydrogen) atoms. The number of imide groups is 1. The van der Waals surface area contributed by atoms with Gasteiger partial charge < -0.3 is 10.1 Å². The van der Waals surface area contributed by atoms with Crippen molar-refractivity contribution in [2.45, 2.75) is 22.7 Å². The number of fused-ring (bicyclic) bond motifs is 2. The number of carbonyl (C=O) groups excluding carboxylic acids is 3. The Bertz CT molecular complexity index is 1720. The largest absolute Gasteiger partial charge is 0.497 e. The van der Waals surface area contributed by atoms with Crippen LogP contribution in [0, 0.1) is 5.92 Å². The van der Waals surface area contributed by atoms with Crippen molar-refractivity contribution < 1.29 is 19.1 Å². The number of ether oxygens (including phenoxy) is 1. The summed E-state index contributed by atoms with van der Waals surface area (Å²) in [5.74, 6) is -1.83. The zero-order chi connectivity index (χ0) is 28.8. The number of anilines is 2. The van der Waals surface area contributed by atoms with E-state index >= 15 is 0 Å². The molecule has 2 aliphatic rings. The minimum atomic E-state index is -0.794.